The van der Waals surface area contributed by atoms with Gasteiger partial charge in [0.25, 0.3) is 0 Å². The second kappa shape index (κ2) is 5.50. The van der Waals surface area contributed by atoms with Crippen molar-refractivity contribution in [2.24, 2.45) is 0 Å². The molecule has 0 saturated heterocycles. The zero-order valence-corrected chi connectivity index (χ0v) is 12.0. The molecule has 3 nitrogen and oxygen atoms in total. The van der Waals surface area contributed by atoms with E-state index in [2.05, 4.69) is 62.1 Å². The van der Waals surface area contributed by atoms with Gasteiger partial charge in [0.15, 0.2) is 0 Å². The van der Waals surface area contributed by atoms with Gasteiger partial charge in [0.1, 0.15) is 5.82 Å². The van der Waals surface area contributed by atoms with Crippen molar-refractivity contribution in [1.82, 2.24) is 10.3 Å². The molecular formula is C14H25N3. The van der Waals surface area contributed by atoms with Crippen LogP contribution in [0.2, 0.25) is 0 Å². The lowest BCUT2D eigenvalue weighted by Crippen LogP contribution is -2.35. The van der Waals surface area contributed by atoms with Gasteiger partial charge in [0, 0.05) is 31.4 Å². The lowest BCUT2D eigenvalue weighted by Gasteiger charge is -2.22. The van der Waals surface area contributed by atoms with Gasteiger partial charge in [-0.2, -0.15) is 0 Å². The topological polar surface area (TPSA) is 28.2 Å². The average Bonchev–Trinajstić information content (AvgIpc) is 2.23. The predicted molar refractivity (Wildman–Crippen MR) is 74.5 cm³/mol. The highest BCUT2D eigenvalue weighted by Crippen LogP contribution is 2.14. The summed E-state index contributed by atoms with van der Waals surface area (Å²) in [6, 6.07) is 4.31. The summed E-state index contributed by atoms with van der Waals surface area (Å²) in [4.78, 5) is 6.71. The molecule has 0 aliphatic heterocycles. The zero-order valence-electron chi connectivity index (χ0n) is 12.0. The minimum Gasteiger partial charge on any atom is -0.360 e. The van der Waals surface area contributed by atoms with Gasteiger partial charge in [-0.1, -0.05) is 0 Å². The van der Waals surface area contributed by atoms with Gasteiger partial charge in [-0.15, -0.1) is 0 Å². The number of nitrogens with zero attached hydrogens (tertiary/aromatic N) is 2. The van der Waals surface area contributed by atoms with Gasteiger partial charge in [-0.05, 0) is 52.3 Å². The summed E-state index contributed by atoms with van der Waals surface area (Å²) in [6.07, 6.45) is 0. The summed E-state index contributed by atoms with van der Waals surface area (Å²) >= 11 is 0. The highest BCUT2D eigenvalue weighted by atomic mass is 15.2. The Morgan fingerprint density at radius 3 is 2.47 bits per heavy atom. The van der Waals surface area contributed by atoms with E-state index in [0.717, 1.165) is 24.6 Å². The van der Waals surface area contributed by atoms with Crippen LogP contribution in [-0.2, 0) is 6.54 Å². The molecule has 0 amide bonds. The molecule has 17 heavy (non-hydrogen) atoms. The number of aromatic nitrogens is 1. The summed E-state index contributed by atoms with van der Waals surface area (Å²) in [5.74, 6) is 1.05. The highest BCUT2D eigenvalue weighted by molar-refractivity contribution is 5.41. The number of anilines is 1. The molecule has 1 N–H and O–H groups in total. The molecule has 0 fully saturated rings. The zero-order chi connectivity index (χ0) is 13.1. The summed E-state index contributed by atoms with van der Waals surface area (Å²) in [5.41, 5.74) is 2.52. The Balaban J connectivity index is 2.82. The summed E-state index contributed by atoms with van der Waals surface area (Å²) in [6.45, 7) is 12.6. The van der Waals surface area contributed by atoms with Crippen LogP contribution in [0.1, 0.15) is 39.0 Å². The second-order valence-corrected chi connectivity index (χ2v) is 5.59. The van der Waals surface area contributed by atoms with Gasteiger partial charge in [-0.3, -0.25) is 0 Å². The van der Waals surface area contributed by atoms with Crippen LogP contribution < -0.4 is 10.2 Å². The molecule has 1 aromatic heterocycles. The van der Waals surface area contributed by atoms with Gasteiger partial charge in [-0.25, -0.2) is 4.98 Å². The highest BCUT2D eigenvalue weighted by Gasteiger charge is 2.10. The number of aryl methyl sites for hydroxylation is 1. The van der Waals surface area contributed by atoms with Crippen LogP contribution in [0, 0.1) is 6.92 Å². The van der Waals surface area contributed by atoms with E-state index in [9.17, 15) is 0 Å². The van der Waals surface area contributed by atoms with E-state index in [1.807, 2.05) is 6.92 Å². The van der Waals surface area contributed by atoms with Crippen molar-refractivity contribution in [2.45, 2.75) is 46.7 Å². The van der Waals surface area contributed by atoms with Crippen molar-refractivity contribution in [3.8, 4) is 0 Å². The quantitative estimate of drug-likeness (QED) is 0.869. The molecule has 0 unspecified atom stereocenters. The molecule has 96 valence electrons. The number of hydrogen-bond acceptors (Lipinski definition) is 3. The van der Waals surface area contributed by atoms with Crippen LogP contribution in [0.4, 0.5) is 5.82 Å². The summed E-state index contributed by atoms with van der Waals surface area (Å²) in [5, 5.41) is 3.50. The standard InChI is InChI=1S/C14H25N3/c1-7-17(6)13-9-12(8-11(2)16-13)10-15-14(3,4)5/h8-9,15H,7,10H2,1-6H3. The third-order valence-electron chi connectivity index (χ3n) is 2.69. The lowest BCUT2D eigenvalue weighted by molar-refractivity contribution is 0.424. The first-order valence-corrected chi connectivity index (χ1v) is 6.25. The van der Waals surface area contributed by atoms with Crippen molar-refractivity contribution in [3.63, 3.8) is 0 Å². The first kappa shape index (κ1) is 14.0. The molecule has 0 aliphatic rings. The Morgan fingerprint density at radius 1 is 1.29 bits per heavy atom. The van der Waals surface area contributed by atoms with Gasteiger partial charge < -0.3 is 10.2 Å². The van der Waals surface area contributed by atoms with Crippen molar-refractivity contribution < 1.29 is 0 Å². The minimum atomic E-state index is 0.147. The van der Waals surface area contributed by atoms with E-state index < -0.39 is 0 Å². The fourth-order valence-electron chi connectivity index (χ4n) is 1.55. The number of rotatable bonds is 4. The third-order valence-corrected chi connectivity index (χ3v) is 2.69. The summed E-state index contributed by atoms with van der Waals surface area (Å²) in [7, 11) is 2.07. The van der Waals surface area contributed by atoms with Crippen molar-refractivity contribution in [2.75, 3.05) is 18.5 Å². The van der Waals surface area contributed by atoms with Crippen molar-refractivity contribution in [3.05, 3.63) is 23.4 Å². The SMILES string of the molecule is CCN(C)c1cc(CNC(C)(C)C)cc(C)n1. The fraction of sp³-hybridized carbons (Fsp3) is 0.643. The molecule has 0 aliphatic carbocycles. The molecular weight excluding hydrogens is 210 g/mol. The molecule has 0 atom stereocenters. The van der Waals surface area contributed by atoms with E-state index in [-0.39, 0.29) is 5.54 Å². The van der Waals surface area contributed by atoms with Gasteiger partial charge >= 0.3 is 0 Å². The van der Waals surface area contributed by atoms with Crippen LogP contribution in [0.3, 0.4) is 0 Å². The van der Waals surface area contributed by atoms with Crippen LogP contribution in [0.5, 0.6) is 0 Å². The molecule has 0 saturated carbocycles. The molecule has 0 spiro atoms. The Morgan fingerprint density at radius 2 is 1.94 bits per heavy atom. The van der Waals surface area contributed by atoms with Crippen LogP contribution in [-0.4, -0.2) is 24.1 Å². The molecule has 0 bridgehead atoms. The van der Waals surface area contributed by atoms with Crippen molar-refractivity contribution in [1.29, 1.82) is 0 Å². The summed E-state index contributed by atoms with van der Waals surface area (Å²) < 4.78 is 0. The normalized spacial score (nSPS) is 11.6. The Bertz CT molecular complexity index is 366. The number of hydrogen-bond donors (Lipinski definition) is 1. The minimum absolute atomic E-state index is 0.147. The van der Waals surface area contributed by atoms with Crippen LogP contribution >= 0.6 is 0 Å². The number of nitrogens with one attached hydrogen (secondary N) is 1. The van der Waals surface area contributed by atoms with E-state index in [0.29, 0.717) is 0 Å². The Hall–Kier alpha value is -1.09. The van der Waals surface area contributed by atoms with E-state index in [1.165, 1.54) is 5.56 Å². The Labute approximate surface area is 105 Å². The molecule has 0 radical (unpaired) electrons. The molecule has 3 heteroatoms. The third kappa shape index (κ3) is 4.73. The van der Waals surface area contributed by atoms with E-state index in [1.54, 1.807) is 0 Å². The average molecular weight is 235 g/mol. The first-order valence-electron chi connectivity index (χ1n) is 6.25. The largest absolute Gasteiger partial charge is 0.360 e. The van der Waals surface area contributed by atoms with Crippen LogP contribution in [0.15, 0.2) is 12.1 Å². The van der Waals surface area contributed by atoms with E-state index in [4.69, 9.17) is 0 Å². The fourth-order valence-corrected chi connectivity index (χ4v) is 1.55. The molecule has 1 aromatic rings. The molecule has 1 heterocycles. The molecule has 1 rings (SSSR count). The molecule has 0 aromatic carbocycles. The maximum absolute atomic E-state index is 4.55. The van der Waals surface area contributed by atoms with Gasteiger partial charge in [0.2, 0.25) is 0 Å². The monoisotopic (exact) mass is 235 g/mol. The van der Waals surface area contributed by atoms with E-state index >= 15 is 0 Å². The lowest BCUT2D eigenvalue weighted by atomic mass is 10.1. The second-order valence-electron chi connectivity index (χ2n) is 5.59. The first-order chi connectivity index (χ1) is 7.81. The Kier molecular flexibility index (Phi) is 4.52. The maximum Gasteiger partial charge on any atom is 0.128 e. The van der Waals surface area contributed by atoms with Crippen LogP contribution in [0.25, 0.3) is 0 Å². The predicted octanol–water partition coefficient (Wildman–Crippen LogP) is 2.73. The number of pyridine rings is 1. The maximum atomic E-state index is 4.55. The smallest absolute Gasteiger partial charge is 0.128 e. The van der Waals surface area contributed by atoms with Crippen molar-refractivity contribution >= 4 is 5.82 Å². The van der Waals surface area contributed by atoms with Gasteiger partial charge in [0.05, 0.1) is 0 Å².